The molecule has 0 aromatic carbocycles. The second-order valence-electron chi connectivity index (χ2n) is 6.52. The van der Waals surface area contributed by atoms with E-state index in [-0.39, 0.29) is 0 Å². The summed E-state index contributed by atoms with van der Waals surface area (Å²) in [4.78, 5) is 24.7. The van der Waals surface area contributed by atoms with Gasteiger partial charge < -0.3 is 25.0 Å². The number of carboxylic acid groups (broad SMARTS) is 2. The van der Waals surface area contributed by atoms with Crippen molar-refractivity contribution >= 4 is 23.5 Å². The highest BCUT2D eigenvalue weighted by Gasteiger charge is 2.50. The van der Waals surface area contributed by atoms with Crippen molar-refractivity contribution < 1.29 is 29.8 Å². The largest absolute Gasteiger partial charge is 0.545 e. The molecule has 2 saturated heterocycles. The zero-order valence-corrected chi connectivity index (χ0v) is 14.6. The molecular weight excluding hydrogens is 348 g/mol. The van der Waals surface area contributed by atoms with E-state index in [0.717, 1.165) is 18.4 Å². The van der Waals surface area contributed by atoms with E-state index in [1.807, 2.05) is 6.07 Å². The summed E-state index contributed by atoms with van der Waals surface area (Å²) >= 11 is 5.79. The zero-order valence-electron chi connectivity index (χ0n) is 13.8. The number of hydrogen-bond donors (Lipinski definition) is 3. The Kier molecular flexibility index (Phi) is 6.16. The number of aliphatic hydroxyl groups is 1. The Bertz CT molecular complexity index is 632. The number of carboxylic acids is 2. The molecule has 4 atom stereocenters. The number of aromatic nitrogens is 1. The lowest BCUT2D eigenvalue weighted by Gasteiger charge is -2.39. The van der Waals surface area contributed by atoms with Crippen molar-refractivity contribution in [3.05, 3.63) is 41.2 Å². The van der Waals surface area contributed by atoms with Gasteiger partial charge in [0.1, 0.15) is 10.8 Å². The molecule has 7 nitrogen and oxygen atoms in total. The molecule has 2 unspecified atom stereocenters. The lowest BCUT2D eigenvalue weighted by atomic mass is 9.81. The Hall–Kier alpha value is -1.96. The Morgan fingerprint density at radius 3 is 2.32 bits per heavy atom. The van der Waals surface area contributed by atoms with E-state index >= 15 is 0 Å². The molecule has 0 aliphatic carbocycles. The summed E-state index contributed by atoms with van der Waals surface area (Å²) < 4.78 is 0. The van der Waals surface area contributed by atoms with Crippen LogP contribution in [0.25, 0.3) is 0 Å². The van der Waals surface area contributed by atoms with Crippen LogP contribution in [0.2, 0.25) is 5.15 Å². The molecule has 0 amide bonds. The number of carbonyl (C=O) groups is 2. The minimum atomic E-state index is -1.51. The monoisotopic (exact) mass is 368 g/mol. The second kappa shape index (κ2) is 7.95. The number of piperidine rings is 1. The summed E-state index contributed by atoms with van der Waals surface area (Å²) in [5.74, 6) is -2.80. The van der Waals surface area contributed by atoms with Crippen LogP contribution >= 0.6 is 11.6 Å². The van der Waals surface area contributed by atoms with Gasteiger partial charge in [0.2, 0.25) is 0 Å². The molecule has 136 valence electrons. The summed E-state index contributed by atoms with van der Waals surface area (Å²) in [6.45, 7) is 0. The molecule has 2 fully saturated rings. The average molecular weight is 369 g/mol. The normalized spacial score (nSPS) is 30.6. The quantitative estimate of drug-likeness (QED) is 0.472. The number of quaternary nitrogens is 1. The molecule has 3 N–H and O–H groups in total. The van der Waals surface area contributed by atoms with Crippen LogP contribution in [0.3, 0.4) is 0 Å². The Morgan fingerprint density at radius 2 is 1.92 bits per heavy atom. The predicted octanol–water partition coefficient (Wildman–Crippen LogP) is -0.861. The average Bonchev–Trinajstić information content (AvgIpc) is 2.77. The maximum atomic E-state index is 10.8. The van der Waals surface area contributed by atoms with Gasteiger partial charge in [0.05, 0.1) is 25.1 Å². The number of pyridine rings is 1. The third kappa shape index (κ3) is 5.01. The third-order valence-corrected chi connectivity index (χ3v) is 5.17. The lowest BCUT2D eigenvalue weighted by molar-refractivity contribution is -0.925. The summed E-state index contributed by atoms with van der Waals surface area (Å²) in [5, 5.41) is 28.5. The first kappa shape index (κ1) is 19.4. The van der Waals surface area contributed by atoms with Gasteiger partial charge in [-0.25, -0.2) is 9.78 Å². The van der Waals surface area contributed by atoms with E-state index in [2.05, 4.69) is 12.0 Å². The van der Waals surface area contributed by atoms with Gasteiger partial charge in [0.15, 0.2) is 0 Å². The van der Waals surface area contributed by atoms with E-state index in [1.54, 1.807) is 17.2 Å². The SMILES string of the molecule is C[NH+]1[C@@H]2CC[C@H]1CC(O)(c1ccc(Cl)nc1)C2.O=C([O-])/C=C\C(=O)O. The van der Waals surface area contributed by atoms with Crippen molar-refractivity contribution in [3.63, 3.8) is 0 Å². The molecule has 2 aliphatic rings. The van der Waals surface area contributed by atoms with Crippen molar-refractivity contribution in [1.29, 1.82) is 0 Å². The molecule has 1 aromatic rings. The van der Waals surface area contributed by atoms with Gasteiger partial charge in [0, 0.05) is 43.5 Å². The van der Waals surface area contributed by atoms with E-state index in [4.69, 9.17) is 16.7 Å². The fraction of sp³-hybridized carbons (Fsp3) is 0.471. The first-order valence-corrected chi connectivity index (χ1v) is 8.39. The van der Waals surface area contributed by atoms with Crippen molar-refractivity contribution in [1.82, 2.24) is 4.98 Å². The molecule has 1 aromatic heterocycles. The van der Waals surface area contributed by atoms with E-state index < -0.39 is 17.5 Å². The summed E-state index contributed by atoms with van der Waals surface area (Å²) in [6, 6.07) is 4.86. The maximum absolute atomic E-state index is 10.8. The summed E-state index contributed by atoms with van der Waals surface area (Å²) in [7, 11) is 2.25. The van der Waals surface area contributed by atoms with Gasteiger partial charge in [-0.3, -0.25) is 0 Å². The van der Waals surface area contributed by atoms with Crippen molar-refractivity contribution in [2.75, 3.05) is 7.05 Å². The fourth-order valence-corrected chi connectivity index (χ4v) is 3.75. The van der Waals surface area contributed by atoms with Gasteiger partial charge in [-0.05, 0) is 12.1 Å². The minimum Gasteiger partial charge on any atom is -0.545 e. The maximum Gasteiger partial charge on any atom is 0.328 e. The topological polar surface area (TPSA) is 115 Å². The number of nitrogens with one attached hydrogen (secondary N) is 1. The van der Waals surface area contributed by atoms with Gasteiger partial charge in [-0.2, -0.15) is 0 Å². The van der Waals surface area contributed by atoms with Crippen molar-refractivity contribution in [3.8, 4) is 0 Å². The third-order valence-electron chi connectivity index (χ3n) is 4.95. The van der Waals surface area contributed by atoms with E-state index in [0.29, 0.717) is 29.4 Å². The predicted molar refractivity (Wildman–Crippen MR) is 87.9 cm³/mol. The molecule has 0 spiro atoms. The molecule has 3 rings (SSSR count). The number of fused-ring (bicyclic) bond motifs is 2. The van der Waals surface area contributed by atoms with E-state index in [9.17, 15) is 19.8 Å². The molecule has 0 saturated carbocycles. The number of rotatable bonds is 3. The highest BCUT2D eigenvalue weighted by atomic mass is 35.5. The molecule has 3 heterocycles. The number of nitrogens with zero attached hydrogens (tertiary/aromatic N) is 1. The molecular formula is C17H21ClN2O5. The van der Waals surface area contributed by atoms with Crippen molar-refractivity contribution in [2.24, 2.45) is 0 Å². The van der Waals surface area contributed by atoms with Gasteiger partial charge in [-0.15, -0.1) is 0 Å². The standard InChI is InChI=1S/C13H17ClN2O.C4H4O4/c1-16-10-3-4-11(16)7-13(17,6-10)9-2-5-12(14)15-8-9;5-3(6)1-2-4(7)8/h2,5,8,10-11,17H,3-4,6-7H2,1H3;1-2H,(H,5,6)(H,7,8)/b;2-1-/t10-,11+,13?;. The number of halogens is 1. The van der Waals surface area contributed by atoms with Crippen LogP contribution in [0.1, 0.15) is 31.2 Å². The van der Waals surface area contributed by atoms with E-state index in [1.165, 1.54) is 12.8 Å². The number of carbonyl (C=O) groups excluding carboxylic acids is 1. The summed E-state index contributed by atoms with van der Waals surface area (Å²) in [6.07, 6.45) is 6.83. The van der Waals surface area contributed by atoms with Gasteiger partial charge in [0.25, 0.3) is 0 Å². The van der Waals surface area contributed by atoms with Gasteiger partial charge in [-0.1, -0.05) is 17.7 Å². The molecule has 8 heteroatoms. The Morgan fingerprint density at radius 1 is 1.32 bits per heavy atom. The van der Waals surface area contributed by atoms with Gasteiger partial charge >= 0.3 is 5.97 Å². The van der Waals surface area contributed by atoms with Crippen LogP contribution in [0.5, 0.6) is 0 Å². The smallest absolute Gasteiger partial charge is 0.328 e. The number of aliphatic carboxylic acids is 2. The minimum absolute atomic E-state index is 0.447. The number of hydrogen-bond acceptors (Lipinski definition) is 5. The first-order chi connectivity index (χ1) is 11.7. The Balaban J connectivity index is 0.000000242. The van der Waals surface area contributed by atoms with Crippen LogP contribution in [-0.4, -0.2) is 46.3 Å². The lowest BCUT2D eigenvalue weighted by Crippen LogP contribution is -3.15. The molecule has 2 aliphatic heterocycles. The Labute approximate surface area is 150 Å². The van der Waals surface area contributed by atoms with Crippen LogP contribution in [-0.2, 0) is 15.2 Å². The molecule has 2 bridgehead atoms. The second-order valence-corrected chi connectivity index (χ2v) is 6.90. The highest BCUT2D eigenvalue weighted by molar-refractivity contribution is 6.29. The molecule has 0 radical (unpaired) electrons. The first-order valence-electron chi connectivity index (χ1n) is 8.01. The van der Waals surface area contributed by atoms with Crippen LogP contribution < -0.4 is 10.0 Å². The molecule has 25 heavy (non-hydrogen) atoms. The van der Waals surface area contributed by atoms with Crippen molar-refractivity contribution in [2.45, 2.75) is 43.4 Å². The summed E-state index contributed by atoms with van der Waals surface area (Å²) in [5.41, 5.74) is 0.231. The highest BCUT2D eigenvalue weighted by Crippen LogP contribution is 2.38. The van der Waals surface area contributed by atoms with Crippen LogP contribution in [0, 0.1) is 0 Å². The van der Waals surface area contributed by atoms with Crippen LogP contribution in [0.15, 0.2) is 30.5 Å². The van der Waals surface area contributed by atoms with Crippen LogP contribution in [0.4, 0.5) is 0 Å². The zero-order chi connectivity index (χ0) is 18.6. The fourth-order valence-electron chi connectivity index (χ4n) is 3.64.